The predicted molar refractivity (Wildman–Crippen MR) is 92.3 cm³/mol. The maximum Gasteiger partial charge on any atom is 0.237 e. The number of aryl methyl sites for hydroxylation is 1. The zero-order chi connectivity index (χ0) is 17.3. The standard InChI is InChI=1S/C14H16N6O2S2/c1-6-3-8-11(9(21)4-6)7(2)16-13(17-8)18-10(22)5-23-14-20-19-12(15)24-14/h6H,3-5H2,1-2H3,(H2,15,19)(H,16,17,18,22)/t6-/m0/s1. The molecule has 2 heterocycles. The number of ketones is 1. The molecule has 1 aliphatic rings. The van der Waals surface area contributed by atoms with Crippen LogP contribution in [0, 0.1) is 12.8 Å². The summed E-state index contributed by atoms with van der Waals surface area (Å²) in [7, 11) is 0. The first kappa shape index (κ1) is 16.8. The lowest BCUT2D eigenvalue weighted by Crippen LogP contribution is -2.24. The Morgan fingerprint density at radius 1 is 1.38 bits per heavy atom. The van der Waals surface area contributed by atoms with Crippen molar-refractivity contribution in [2.75, 3.05) is 16.8 Å². The second-order valence-corrected chi connectivity index (χ2v) is 7.87. The Kier molecular flexibility index (Phi) is 4.76. The number of hydrogen-bond acceptors (Lipinski definition) is 9. The van der Waals surface area contributed by atoms with E-state index in [0.717, 1.165) is 0 Å². The second-order valence-electron chi connectivity index (χ2n) is 5.63. The van der Waals surface area contributed by atoms with Gasteiger partial charge in [0.25, 0.3) is 0 Å². The third kappa shape index (κ3) is 3.70. The Morgan fingerprint density at radius 3 is 2.88 bits per heavy atom. The fourth-order valence-electron chi connectivity index (χ4n) is 2.59. The number of nitrogen functional groups attached to an aromatic ring is 1. The van der Waals surface area contributed by atoms with Crippen molar-refractivity contribution in [3.8, 4) is 0 Å². The van der Waals surface area contributed by atoms with Crippen LogP contribution >= 0.6 is 23.1 Å². The van der Waals surface area contributed by atoms with Gasteiger partial charge < -0.3 is 5.73 Å². The Labute approximate surface area is 146 Å². The summed E-state index contributed by atoms with van der Waals surface area (Å²) in [6.45, 7) is 3.78. The highest BCUT2D eigenvalue weighted by Crippen LogP contribution is 2.27. The molecule has 3 N–H and O–H groups in total. The Balaban J connectivity index is 1.69. The molecule has 0 unspecified atom stereocenters. The van der Waals surface area contributed by atoms with Crippen LogP contribution in [0.25, 0.3) is 0 Å². The zero-order valence-electron chi connectivity index (χ0n) is 13.2. The molecule has 0 fully saturated rings. The molecule has 3 rings (SSSR count). The van der Waals surface area contributed by atoms with Crippen LogP contribution in [0.1, 0.15) is 35.1 Å². The topological polar surface area (TPSA) is 124 Å². The number of Topliss-reactive ketones (excluding diaryl/α,β-unsaturated/α-hetero) is 1. The van der Waals surface area contributed by atoms with Gasteiger partial charge in [0.1, 0.15) is 0 Å². The highest BCUT2D eigenvalue weighted by Gasteiger charge is 2.26. The maximum atomic E-state index is 12.1. The van der Waals surface area contributed by atoms with Crippen LogP contribution in [0.4, 0.5) is 11.1 Å². The van der Waals surface area contributed by atoms with Gasteiger partial charge in [0.2, 0.25) is 17.0 Å². The second kappa shape index (κ2) is 6.81. The summed E-state index contributed by atoms with van der Waals surface area (Å²) in [5.41, 5.74) is 7.42. The van der Waals surface area contributed by atoms with E-state index in [1.54, 1.807) is 6.92 Å². The molecule has 1 aliphatic carbocycles. The van der Waals surface area contributed by atoms with Crippen molar-refractivity contribution in [2.45, 2.75) is 31.0 Å². The monoisotopic (exact) mass is 364 g/mol. The number of anilines is 2. The number of rotatable bonds is 4. The van der Waals surface area contributed by atoms with Crippen molar-refractivity contribution >= 4 is 45.9 Å². The van der Waals surface area contributed by atoms with Crippen molar-refractivity contribution in [3.05, 3.63) is 17.0 Å². The van der Waals surface area contributed by atoms with E-state index in [9.17, 15) is 9.59 Å². The molecule has 0 spiro atoms. The molecule has 10 heteroatoms. The van der Waals surface area contributed by atoms with E-state index in [1.165, 1.54) is 23.1 Å². The largest absolute Gasteiger partial charge is 0.374 e. The van der Waals surface area contributed by atoms with Gasteiger partial charge in [0.05, 0.1) is 22.7 Å². The molecule has 0 radical (unpaired) electrons. The van der Waals surface area contributed by atoms with E-state index in [2.05, 4.69) is 25.5 Å². The van der Waals surface area contributed by atoms with Gasteiger partial charge in [-0.05, 0) is 19.3 Å². The molecule has 2 aromatic rings. The van der Waals surface area contributed by atoms with Crippen molar-refractivity contribution in [1.29, 1.82) is 0 Å². The van der Waals surface area contributed by atoms with Crippen LogP contribution in [0.15, 0.2) is 4.34 Å². The van der Waals surface area contributed by atoms with Gasteiger partial charge in [-0.3, -0.25) is 14.9 Å². The molecular weight excluding hydrogens is 348 g/mol. The zero-order valence-corrected chi connectivity index (χ0v) is 14.8. The minimum absolute atomic E-state index is 0.0727. The van der Waals surface area contributed by atoms with Crippen LogP contribution in [0.5, 0.6) is 0 Å². The van der Waals surface area contributed by atoms with Gasteiger partial charge in [-0.15, -0.1) is 10.2 Å². The SMILES string of the molecule is Cc1nc(NC(=O)CSc2nnc(N)s2)nc2c1C(=O)C[C@@H](C)C2. The van der Waals surface area contributed by atoms with Gasteiger partial charge in [-0.2, -0.15) is 0 Å². The number of thioether (sulfide) groups is 1. The molecule has 0 bridgehead atoms. The molecule has 0 saturated carbocycles. The van der Waals surface area contributed by atoms with Gasteiger partial charge >= 0.3 is 0 Å². The van der Waals surface area contributed by atoms with Crippen LogP contribution < -0.4 is 11.1 Å². The van der Waals surface area contributed by atoms with E-state index in [-0.39, 0.29) is 29.3 Å². The first-order chi connectivity index (χ1) is 11.4. The Bertz CT molecular complexity index is 807. The number of fused-ring (bicyclic) bond motifs is 1. The lowest BCUT2D eigenvalue weighted by atomic mass is 9.86. The molecule has 8 nitrogen and oxygen atoms in total. The fourth-order valence-corrected chi connectivity index (χ4v) is 4.02. The summed E-state index contributed by atoms with van der Waals surface area (Å²) >= 11 is 2.47. The molecule has 126 valence electrons. The van der Waals surface area contributed by atoms with Crippen LogP contribution in [0.3, 0.4) is 0 Å². The average molecular weight is 364 g/mol. The van der Waals surface area contributed by atoms with Crippen molar-refractivity contribution in [2.24, 2.45) is 5.92 Å². The Morgan fingerprint density at radius 2 is 2.17 bits per heavy atom. The number of nitrogens with two attached hydrogens (primary N) is 1. The number of carbonyl (C=O) groups excluding carboxylic acids is 2. The molecule has 1 amide bonds. The van der Waals surface area contributed by atoms with E-state index < -0.39 is 0 Å². The van der Waals surface area contributed by atoms with Gasteiger partial charge in [-0.25, -0.2) is 9.97 Å². The van der Waals surface area contributed by atoms with Crippen LogP contribution in [0.2, 0.25) is 0 Å². The van der Waals surface area contributed by atoms with E-state index >= 15 is 0 Å². The predicted octanol–water partition coefficient (Wildman–Crippen LogP) is 1.71. The highest BCUT2D eigenvalue weighted by molar-refractivity contribution is 8.01. The van der Waals surface area contributed by atoms with Crippen molar-refractivity contribution < 1.29 is 9.59 Å². The minimum Gasteiger partial charge on any atom is -0.374 e. The normalized spacial score (nSPS) is 16.8. The minimum atomic E-state index is -0.247. The number of nitrogens with zero attached hydrogens (tertiary/aromatic N) is 4. The van der Waals surface area contributed by atoms with Gasteiger partial charge in [-0.1, -0.05) is 30.0 Å². The van der Waals surface area contributed by atoms with Gasteiger partial charge in [0.15, 0.2) is 10.1 Å². The molecule has 0 aliphatic heterocycles. The van der Waals surface area contributed by atoms with E-state index in [4.69, 9.17) is 5.73 Å². The fraction of sp³-hybridized carbons (Fsp3) is 0.429. The summed E-state index contributed by atoms with van der Waals surface area (Å²) in [6, 6.07) is 0. The summed E-state index contributed by atoms with van der Waals surface area (Å²) in [6.07, 6.45) is 1.23. The third-order valence-electron chi connectivity index (χ3n) is 3.52. The number of aromatic nitrogens is 4. The van der Waals surface area contributed by atoms with Crippen LogP contribution in [-0.4, -0.2) is 37.6 Å². The number of nitrogens with one attached hydrogen (secondary N) is 1. The quantitative estimate of drug-likeness (QED) is 0.786. The summed E-state index contributed by atoms with van der Waals surface area (Å²) in [5.74, 6) is 0.465. The van der Waals surface area contributed by atoms with Crippen molar-refractivity contribution in [1.82, 2.24) is 20.2 Å². The lowest BCUT2D eigenvalue weighted by molar-refractivity contribution is -0.113. The molecule has 1 atom stereocenters. The first-order valence-corrected chi connectivity index (χ1v) is 9.15. The van der Waals surface area contributed by atoms with E-state index in [1.807, 2.05) is 6.92 Å². The number of amides is 1. The lowest BCUT2D eigenvalue weighted by Gasteiger charge is -2.21. The molecular formula is C14H16N6O2S2. The van der Waals surface area contributed by atoms with Crippen LogP contribution in [-0.2, 0) is 11.2 Å². The number of carbonyl (C=O) groups is 2. The summed E-state index contributed by atoms with van der Waals surface area (Å²) in [5, 5.41) is 10.6. The average Bonchev–Trinajstić information content (AvgIpc) is 2.89. The Hall–Kier alpha value is -2.07. The molecule has 0 saturated heterocycles. The molecule has 2 aromatic heterocycles. The summed E-state index contributed by atoms with van der Waals surface area (Å²) < 4.78 is 0.629. The number of hydrogen-bond donors (Lipinski definition) is 2. The maximum absolute atomic E-state index is 12.1. The smallest absolute Gasteiger partial charge is 0.237 e. The molecule has 24 heavy (non-hydrogen) atoms. The van der Waals surface area contributed by atoms with Crippen molar-refractivity contribution in [3.63, 3.8) is 0 Å². The first-order valence-electron chi connectivity index (χ1n) is 7.34. The molecule has 0 aromatic carbocycles. The highest BCUT2D eigenvalue weighted by atomic mass is 32.2. The summed E-state index contributed by atoms with van der Waals surface area (Å²) in [4.78, 5) is 32.8. The van der Waals surface area contributed by atoms with Gasteiger partial charge in [0, 0.05) is 6.42 Å². The van der Waals surface area contributed by atoms with E-state index in [0.29, 0.717) is 39.3 Å². The third-order valence-corrected chi connectivity index (χ3v) is 5.41.